The van der Waals surface area contributed by atoms with Crippen LogP contribution < -0.4 is 9.47 Å². The first kappa shape index (κ1) is 14.8. The highest BCUT2D eigenvalue weighted by molar-refractivity contribution is 6.21. The molecule has 0 spiro atoms. The fourth-order valence-corrected chi connectivity index (χ4v) is 2.09. The summed E-state index contributed by atoms with van der Waals surface area (Å²) in [6, 6.07) is 5.56. The van der Waals surface area contributed by atoms with Crippen molar-refractivity contribution >= 4 is 17.6 Å². The van der Waals surface area contributed by atoms with Crippen LogP contribution in [0.4, 0.5) is 0 Å². The third-order valence-corrected chi connectivity index (χ3v) is 3.01. The maximum atomic E-state index is 11.4. The fourth-order valence-electron chi connectivity index (χ4n) is 2.09. The molecule has 5 heteroatoms. The number of aliphatic imine (C=N–C) groups is 1. The Morgan fingerprint density at radius 3 is 2.62 bits per heavy atom. The molecule has 1 aliphatic heterocycles. The molecule has 1 aliphatic rings. The minimum absolute atomic E-state index is 0.0276. The van der Waals surface area contributed by atoms with E-state index in [-0.39, 0.29) is 23.9 Å². The van der Waals surface area contributed by atoms with Crippen molar-refractivity contribution in [2.45, 2.75) is 20.8 Å². The number of benzene rings is 1. The number of ether oxygens (including phenoxy) is 2. The number of rotatable bonds is 4. The lowest BCUT2D eigenvalue weighted by Crippen LogP contribution is -2.09. The predicted octanol–water partition coefficient (Wildman–Crippen LogP) is 3.27. The molecule has 0 bridgehead atoms. The first-order valence-electron chi connectivity index (χ1n) is 6.51. The highest BCUT2D eigenvalue weighted by Crippen LogP contribution is 2.32. The largest absolute Gasteiger partial charge is 0.512 e. The van der Waals surface area contributed by atoms with E-state index in [9.17, 15) is 9.90 Å². The molecule has 0 fully saturated rings. The van der Waals surface area contributed by atoms with Gasteiger partial charge in [0.15, 0.2) is 17.3 Å². The molecule has 1 N–H and O–H groups in total. The molecule has 0 saturated carbocycles. The van der Waals surface area contributed by atoms with Crippen LogP contribution in [0.3, 0.4) is 0 Å². The zero-order valence-electron chi connectivity index (χ0n) is 12.2. The minimum atomic E-state index is -0.215. The van der Waals surface area contributed by atoms with Crippen LogP contribution in [0, 0.1) is 0 Å². The number of allylic oxidation sites excluding steroid dienone is 2. The maximum Gasteiger partial charge on any atom is 0.231 e. The molecular formula is C16H17NO4. The standard InChI is InChI=1S/C16H17NO4/c1-10(16(11(2)18)12(3)19)17-7-6-13-4-5-14-15(8-13)21-9-20-14/h4-8,18H,9H2,1-3H3/b7-6+,16-11+,17-10+. The Balaban J connectivity index is 2.16. The molecule has 0 atom stereocenters. The predicted molar refractivity (Wildman–Crippen MR) is 80.7 cm³/mol. The third-order valence-electron chi connectivity index (χ3n) is 3.01. The summed E-state index contributed by atoms with van der Waals surface area (Å²) in [5.74, 6) is 1.19. The Bertz CT molecular complexity index is 652. The van der Waals surface area contributed by atoms with Crippen LogP contribution in [0.15, 0.2) is 40.7 Å². The molecule has 2 rings (SSSR count). The summed E-state index contributed by atoms with van der Waals surface area (Å²) in [5, 5.41) is 9.50. The molecule has 0 aliphatic carbocycles. The lowest BCUT2D eigenvalue weighted by atomic mass is 10.1. The van der Waals surface area contributed by atoms with Crippen molar-refractivity contribution in [3.63, 3.8) is 0 Å². The van der Waals surface area contributed by atoms with Crippen LogP contribution >= 0.6 is 0 Å². The normalized spacial score (nSPS) is 15.3. The van der Waals surface area contributed by atoms with E-state index >= 15 is 0 Å². The molecule has 0 saturated heterocycles. The van der Waals surface area contributed by atoms with Gasteiger partial charge in [0.25, 0.3) is 0 Å². The quantitative estimate of drug-likeness (QED) is 0.524. The zero-order chi connectivity index (χ0) is 15.4. The summed E-state index contributed by atoms with van der Waals surface area (Å²) in [5.41, 5.74) is 1.62. The molecule has 1 heterocycles. The lowest BCUT2D eigenvalue weighted by molar-refractivity contribution is -0.113. The number of hydrogen-bond donors (Lipinski definition) is 1. The van der Waals surface area contributed by atoms with Gasteiger partial charge in [0.1, 0.15) is 5.76 Å². The molecule has 110 valence electrons. The lowest BCUT2D eigenvalue weighted by Gasteiger charge is -2.03. The highest BCUT2D eigenvalue weighted by Gasteiger charge is 2.12. The average Bonchev–Trinajstić information content (AvgIpc) is 2.85. The SMILES string of the molecule is CC(=O)C(/C(C)=N/C=C/c1ccc2c(c1)OCO2)=C(\C)O. The van der Waals surface area contributed by atoms with E-state index < -0.39 is 0 Å². The van der Waals surface area contributed by atoms with Gasteiger partial charge in [0.05, 0.1) is 11.3 Å². The average molecular weight is 287 g/mol. The van der Waals surface area contributed by atoms with Gasteiger partial charge in [-0.1, -0.05) is 6.07 Å². The molecule has 0 amide bonds. The Morgan fingerprint density at radius 2 is 1.95 bits per heavy atom. The first-order chi connectivity index (χ1) is 9.99. The number of carbonyl (C=O) groups excluding carboxylic acids is 1. The molecular weight excluding hydrogens is 270 g/mol. The second-order valence-corrected chi connectivity index (χ2v) is 4.66. The smallest absolute Gasteiger partial charge is 0.231 e. The number of fused-ring (bicyclic) bond motifs is 1. The summed E-state index contributed by atoms with van der Waals surface area (Å²) >= 11 is 0. The van der Waals surface area contributed by atoms with E-state index in [2.05, 4.69) is 4.99 Å². The fraction of sp³-hybridized carbons (Fsp3) is 0.250. The molecule has 5 nitrogen and oxygen atoms in total. The monoisotopic (exact) mass is 287 g/mol. The number of aliphatic hydroxyl groups is 1. The Kier molecular flexibility index (Phi) is 4.42. The van der Waals surface area contributed by atoms with Gasteiger partial charge in [-0.25, -0.2) is 0 Å². The van der Waals surface area contributed by atoms with Crippen molar-refractivity contribution in [1.29, 1.82) is 0 Å². The van der Waals surface area contributed by atoms with Crippen LogP contribution in [-0.2, 0) is 4.79 Å². The molecule has 0 radical (unpaired) electrons. The van der Waals surface area contributed by atoms with Crippen LogP contribution in [0.25, 0.3) is 6.08 Å². The van der Waals surface area contributed by atoms with E-state index in [1.807, 2.05) is 18.2 Å². The Hall–Kier alpha value is -2.56. The van der Waals surface area contributed by atoms with Crippen molar-refractivity contribution in [1.82, 2.24) is 0 Å². The number of Topliss-reactive ketones (excluding diaryl/α,β-unsaturated/α-hetero) is 1. The van der Waals surface area contributed by atoms with Gasteiger partial charge in [0.2, 0.25) is 6.79 Å². The van der Waals surface area contributed by atoms with Gasteiger partial charge in [-0.2, -0.15) is 0 Å². The highest BCUT2D eigenvalue weighted by atomic mass is 16.7. The minimum Gasteiger partial charge on any atom is -0.512 e. The van der Waals surface area contributed by atoms with Crippen LogP contribution in [0.5, 0.6) is 11.5 Å². The van der Waals surface area contributed by atoms with E-state index in [0.717, 1.165) is 11.3 Å². The van der Waals surface area contributed by atoms with E-state index in [4.69, 9.17) is 9.47 Å². The second-order valence-electron chi connectivity index (χ2n) is 4.66. The first-order valence-corrected chi connectivity index (χ1v) is 6.51. The summed E-state index contributed by atoms with van der Waals surface area (Å²) in [6.45, 7) is 4.79. The number of hydrogen-bond acceptors (Lipinski definition) is 5. The van der Waals surface area contributed by atoms with Gasteiger partial charge in [-0.3, -0.25) is 9.79 Å². The topological polar surface area (TPSA) is 68.1 Å². The molecule has 0 unspecified atom stereocenters. The maximum absolute atomic E-state index is 11.4. The van der Waals surface area contributed by atoms with Crippen LogP contribution in [0.2, 0.25) is 0 Å². The summed E-state index contributed by atoms with van der Waals surface area (Å²) in [6.07, 6.45) is 3.37. The number of ketones is 1. The summed E-state index contributed by atoms with van der Waals surface area (Å²) in [4.78, 5) is 15.6. The van der Waals surface area contributed by atoms with Gasteiger partial charge < -0.3 is 14.6 Å². The zero-order valence-corrected chi connectivity index (χ0v) is 12.2. The summed E-state index contributed by atoms with van der Waals surface area (Å²) in [7, 11) is 0. The number of carbonyl (C=O) groups is 1. The van der Waals surface area contributed by atoms with Gasteiger partial charge in [-0.15, -0.1) is 0 Å². The van der Waals surface area contributed by atoms with Gasteiger partial charge >= 0.3 is 0 Å². The molecule has 21 heavy (non-hydrogen) atoms. The number of aliphatic hydroxyl groups excluding tert-OH is 1. The van der Waals surface area contributed by atoms with Crippen molar-refractivity contribution in [3.05, 3.63) is 41.3 Å². The van der Waals surface area contributed by atoms with Gasteiger partial charge in [0, 0.05) is 6.20 Å². The second kappa shape index (κ2) is 6.26. The Morgan fingerprint density at radius 1 is 1.24 bits per heavy atom. The van der Waals surface area contributed by atoms with E-state index in [1.54, 1.807) is 19.2 Å². The van der Waals surface area contributed by atoms with Crippen molar-refractivity contribution in [2.75, 3.05) is 6.79 Å². The van der Waals surface area contributed by atoms with Crippen molar-refractivity contribution in [2.24, 2.45) is 4.99 Å². The molecule has 0 aromatic heterocycles. The summed E-state index contributed by atoms with van der Waals surface area (Å²) < 4.78 is 10.5. The molecule has 1 aromatic carbocycles. The van der Waals surface area contributed by atoms with Crippen molar-refractivity contribution < 1.29 is 19.4 Å². The van der Waals surface area contributed by atoms with Crippen LogP contribution in [-0.4, -0.2) is 23.4 Å². The van der Waals surface area contributed by atoms with E-state index in [0.29, 0.717) is 11.5 Å². The van der Waals surface area contributed by atoms with Crippen LogP contribution in [0.1, 0.15) is 26.3 Å². The third kappa shape index (κ3) is 3.51. The Labute approximate surface area is 123 Å². The number of nitrogens with zero attached hydrogens (tertiary/aromatic N) is 1. The van der Waals surface area contributed by atoms with E-state index in [1.165, 1.54) is 13.8 Å². The molecule has 1 aromatic rings. The van der Waals surface area contributed by atoms with Gasteiger partial charge in [-0.05, 0) is 44.5 Å². The van der Waals surface area contributed by atoms with Crippen molar-refractivity contribution in [3.8, 4) is 11.5 Å².